The monoisotopic (exact) mass is 477 g/mol. The zero-order chi connectivity index (χ0) is 24.8. The van der Waals surface area contributed by atoms with Gasteiger partial charge >= 0.3 is 0 Å². The van der Waals surface area contributed by atoms with Gasteiger partial charge in [0, 0.05) is 57.0 Å². The second-order valence-corrected chi connectivity index (χ2v) is 8.91. The molecule has 2 amide bonds. The van der Waals surface area contributed by atoms with E-state index in [1.807, 2.05) is 43.0 Å². The van der Waals surface area contributed by atoms with Crippen LogP contribution in [0.3, 0.4) is 0 Å². The summed E-state index contributed by atoms with van der Waals surface area (Å²) < 4.78 is 5.04. The summed E-state index contributed by atoms with van der Waals surface area (Å²) in [5.41, 5.74) is 3.26. The van der Waals surface area contributed by atoms with Crippen LogP contribution in [0.1, 0.15) is 46.5 Å². The SMILES string of the molecule is Cc1ccc(NC(=O)c2ccc(N3CCCCN(C(=O)CCc4cc(=O)[nH]o4)CC3)nc2)cc1C. The van der Waals surface area contributed by atoms with E-state index in [9.17, 15) is 14.4 Å². The molecule has 1 aromatic carbocycles. The number of rotatable bonds is 6. The third kappa shape index (κ3) is 6.38. The van der Waals surface area contributed by atoms with Crippen molar-refractivity contribution in [3.05, 3.63) is 75.4 Å². The van der Waals surface area contributed by atoms with Crippen molar-refractivity contribution in [3.63, 3.8) is 0 Å². The summed E-state index contributed by atoms with van der Waals surface area (Å²) in [7, 11) is 0. The maximum absolute atomic E-state index is 12.7. The number of aromatic amines is 1. The average Bonchev–Trinajstić information content (AvgIpc) is 3.25. The Labute approximate surface area is 204 Å². The summed E-state index contributed by atoms with van der Waals surface area (Å²) in [6.07, 6.45) is 4.12. The lowest BCUT2D eigenvalue weighted by Gasteiger charge is -2.31. The van der Waals surface area contributed by atoms with Crippen molar-refractivity contribution in [1.29, 1.82) is 0 Å². The predicted molar refractivity (Wildman–Crippen MR) is 134 cm³/mol. The van der Waals surface area contributed by atoms with Crippen molar-refractivity contribution in [2.75, 3.05) is 36.4 Å². The number of carbonyl (C=O) groups is 2. The molecule has 2 aromatic heterocycles. The zero-order valence-corrected chi connectivity index (χ0v) is 20.2. The molecule has 4 rings (SSSR count). The summed E-state index contributed by atoms with van der Waals surface area (Å²) in [4.78, 5) is 45.1. The smallest absolute Gasteiger partial charge is 0.280 e. The topological polar surface area (TPSA) is 112 Å². The van der Waals surface area contributed by atoms with Gasteiger partial charge in [0.1, 0.15) is 11.6 Å². The molecule has 0 spiro atoms. The maximum atomic E-state index is 12.7. The van der Waals surface area contributed by atoms with Crippen LogP contribution in [0.2, 0.25) is 0 Å². The summed E-state index contributed by atoms with van der Waals surface area (Å²) in [5, 5.41) is 5.17. The molecule has 3 aromatic rings. The van der Waals surface area contributed by atoms with Crippen molar-refractivity contribution in [2.45, 2.75) is 39.5 Å². The molecule has 0 aliphatic carbocycles. The fourth-order valence-corrected chi connectivity index (χ4v) is 4.11. The second-order valence-electron chi connectivity index (χ2n) is 8.91. The Morgan fingerprint density at radius 3 is 2.57 bits per heavy atom. The summed E-state index contributed by atoms with van der Waals surface area (Å²) in [5.74, 6) is 1.12. The largest absolute Gasteiger partial charge is 0.384 e. The average molecular weight is 478 g/mol. The molecular weight excluding hydrogens is 446 g/mol. The van der Waals surface area contributed by atoms with Gasteiger partial charge < -0.3 is 19.6 Å². The van der Waals surface area contributed by atoms with Gasteiger partial charge in [0.2, 0.25) is 5.91 Å². The minimum atomic E-state index is -0.296. The standard InChI is InChI=1S/C26H31N5O4/c1-18-5-7-21(15-19(18)2)28-26(34)20-6-9-23(27-17-20)30-11-3-4-12-31(14-13-30)25(33)10-8-22-16-24(32)29-35-22/h5-7,9,15-17H,3-4,8,10-14H2,1-2H3,(H,28,34)(H,29,32). The highest BCUT2D eigenvalue weighted by Crippen LogP contribution is 2.18. The van der Waals surface area contributed by atoms with Crippen LogP contribution in [0.15, 0.2) is 51.9 Å². The van der Waals surface area contributed by atoms with Gasteiger partial charge in [0.15, 0.2) is 0 Å². The molecule has 1 aliphatic rings. The number of hydrogen-bond donors (Lipinski definition) is 2. The van der Waals surface area contributed by atoms with Crippen molar-refractivity contribution < 1.29 is 14.1 Å². The number of pyridine rings is 1. The molecule has 3 heterocycles. The highest BCUT2D eigenvalue weighted by Gasteiger charge is 2.19. The first kappa shape index (κ1) is 24.3. The fourth-order valence-electron chi connectivity index (χ4n) is 4.11. The van der Waals surface area contributed by atoms with E-state index in [0.29, 0.717) is 37.3 Å². The maximum Gasteiger partial charge on any atom is 0.280 e. The summed E-state index contributed by atoms with van der Waals surface area (Å²) in [6.45, 7) is 6.86. The lowest BCUT2D eigenvalue weighted by atomic mass is 10.1. The third-order valence-electron chi connectivity index (χ3n) is 6.36. The van der Waals surface area contributed by atoms with Crippen LogP contribution >= 0.6 is 0 Å². The number of H-pyrrole nitrogens is 1. The van der Waals surface area contributed by atoms with Gasteiger partial charge in [0.25, 0.3) is 11.5 Å². The van der Waals surface area contributed by atoms with E-state index in [1.165, 1.54) is 11.6 Å². The lowest BCUT2D eigenvalue weighted by Crippen LogP contribution is -2.42. The molecule has 184 valence electrons. The number of carbonyl (C=O) groups excluding carboxylic acids is 2. The number of hydrogen-bond acceptors (Lipinski definition) is 6. The molecule has 1 fully saturated rings. The van der Waals surface area contributed by atoms with E-state index in [4.69, 9.17) is 4.52 Å². The van der Waals surface area contributed by atoms with Crippen LogP contribution in [0.5, 0.6) is 0 Å². The second kappa shape index (κ2) is 11.0. The van der Waals surface area contributed by atoms with E-state index in [1.54, 1.807) is 12.3 Å². The molecule has 0 radical (unpaired) electrons. The molecule has 1 aliphatic heterocycles. The number of anilines is 2. The van der Waals surface area contributed by atoms with Crippen molar-refractivity contribution >= 4 is 23.3 Å². The Morgan fingerprint density at radius 2 is 1.86 bits per heavy atom. The van der Waals surface area contributed by atoms with Gasteiger partial charge in [-0.15, -0.1) is 0 Å². The Hall–Kier alpha value is -3.88. The predicted octanol–water partition coefficient (Wildman–Crippen LogP) is 3.29. The van der Waals surface area contributed by atoms with Crippen molar-refractivity contribution in [2.24, 2.45) is 0 Å². The van der Waals surface area contributed by atoms with Crippen LogP contribution in [0.25, 0.3) is 0 Å². The minimum absolute atomic E-state index is 0.0435. The van der Waals surface area contributed by atoms with Crippen LogP contribution in [-0.2, 0) is 11.2 Å². The van der Waals surface area contributed by atoms with Gasteiger partial charge in [-0.05, 0) is 62.1 Å². The third-order valence-corrected chi connectivity index (χ3v) is 6.36. The number of nitrogens with one attached hydrogen (secondary N) is 2. The summed E-state index contributed by atoms with van der Waals surface area (Å²) >= 11 is 0. The quantitative estimate of drug-likeness (QED) is 0.564. The first-order chi connectivity index (χ1) is 16.9. The van der Waals surface area contributed by atoms with E-state index in [2.05, 4.69) is 20.4 Å². The van der Waals surface area contributed by atoms with Crippen LogP contribution < -0.4 is 15.8 Å². The zero-order valence-electron chi connectivity index (χ0n) is 20.2. The Balaban J connectivity index is 1.33. The lowest BCUT2D eigenvalue weighted by molar-refractivity contribution is -0.131. The molecule has 0 atom stereocenters. The number of aromatic nitrogens is 2. The van der Waals surface area contributed by atoms with Crippen LogP contribution in [0, 0.1) is 13.8 Å². The van der Waals surface area contributed by atoms with Gasteiger partial charge in [-0.25, -0.2) is 4.98 Å². The first-order valence-corrected chi connectivity index (χ1v) is 11.9. The fraction of sp³-hybridized carbons (Fsp3) is 0.385. The number of benzene rings is 1. The van der Waals surface area contributed by atoms with E-state index in [0.717, 1.165) is 43.0 Å². The Kier molecular flexibility index (Phi) is 7.64. The molecule has 0 saturated carbocycles. The van der Waals surface area contributed by atoms with Gasteiger partial charge in [-0.1, -0.05) is 6.07 Å². The number of nitrogens with zero attached hydrogens (tertiary/aromatic N) is 3. The Morgan fingerprint density at radius 1 is 1.03 bits per heavy atom. The molecule has 35 heavy (non-hydrogen) atoms. The normalized spacial score (nSPS) is 14.3. The van der Waals surface area contributed by atoms with Crippen LogP contribution in [-0.4, -0.2) is 53.0 Å². The van der Waals surface area contributed by atoms with Crippen molar-refractivity contribution in [3.8, 4) is 0 Å². The van der Waals surface area contributed by atoms with E-state index >= 15 is 0 Å². The van der Waals surface area contributed by atoms with Crippen molar-refractivity contribution in [1.82, 2.24) is 15.0 Å². The van der Waals surface area contributed by atoms with E-state index < -0.39 is 0 Å². The molecule has 9 heteroatoms. The highest BCUT2D eigenvalue weighted by atomic mass is 16.5. The highest BCUT2D eigenvalue weighted by molar-refractivity contribution is 6.04. The summed E-state index contributed by atoms with van der Waals surface area (Å²) in [6, 6.07) is 10.8. The Bertz CT molecular complexity index is 1230. The van der Waals surface area contributed by atoms with Gasteiger partial charge in [-0.2, -0.15) is 5.16 Å². The molecule has 2 N–H and O–H groups in total. The molecule has 0 bridgehead atoms. The first-order valence-electron chi connectivity index (χ1n) is 11.9. The number of amides is 2. The van der Waals surface area contributed by atoms with E-state index in [-0.39, 0.29) is 17.4 Å². The minimum Gasteiger partial charge on any atom is -0.384 e. The van der Waals surface area contributed by atoms with Crippen LogP contribution in [0.4, 0.5) is 11.5 Å². The molecular formula is C26H31N5O4. The van der Waals surface area contributed by atoms with Gasteiger partial charge in [-0.3, -0.25) is 14.4 Å². The molecule has 9 nitrogen and oxygen atoms in total. The molecule has 1 saturated heterocycles. The van der Waals surface area contributed by atoms with Gasteiger partial charge in [0.05, 0.1) is 5.56 Å². The number of aryl methyl sites for hydroxylation is 3. The molecule has 0 unspecified atom stereocenters.